The smallest absolute Gasteiger partial charge is 0.247 e. The second kappa shape index (κ2) is 6.15. The van der Waals surface area contributed by atoms with Crippen molar-refractivity contribution in [3.05, 3.63) is 29.6 Å². The Balaban J connectivity index is 2.23. The fraction of sp³-hybridized carbons (Fsp3) is 0.467. The molecule has 0 unspecified atom stereocenters. The summed E-state index contributed by atoms with van der Waals surface area (Å²) in [5, 5.41) is 4.82. The molecule has 1 saturated carbocycles. The van der Waals surface area contributed by atoms with E-state index in [-0.39, 0.29) is 11.9 Å². The van der Waals surface area contributed by atoms with E-state index in [0.29, 0.717) is 23.2 Å². The van der Waals surface area contributed by atoms with E-state index >= 15 is 0 Å². The van der Waals surface area contributed by atoms with Gasteiger partial charge in [-0.15, -0.1) is 6.42 Å². The first kappa shape index (κ1) is 14.7. The van der Waals surface area contributed by atoms with Crippen LogP contribution in [0.5, 0.6) is 0 Å². The molecule has 4 nitrogen and oxygen atoms in total. The molecular formula is C15H18ClN3O. The molecule has 0 aromatic carbocycles. The number of terminal acetylenes is 1. The van der Waals surface area contributed by atoms with Crippen LogP contribution in [0.1, 0.15) is 25.0 Å². The molecule has 5 heteroatoms. The van der Waals surface area contributed by atoms with Gasteiger partial charge >= 0.3 is 0 Å². The molecule has 1 aromatic heterocycles. The molecule has 0 radical (unpaired) electrons. The Morgan fingerprint density at radius 1 is 1.80 bits per heavy atom. The van der Waals surface area contributed by atoms with Crippen molar-refractivity contribution in [2.24, 2.45) is 13.0 Å². The molecule has 0 N–H and O–H groups in total. The zero-order chi connectivity index (χ0) is 14.7. The molecule has 1 fully saturated rings. The third-order valence-electron chi connectivity index (χ3n) is 3.74. The lowest BCUT2D eigenvalue weighted by molar-refractivity contribution is -0.129. The number of carbonyl (C=O) groups excluding carboxylic acids is 1. The van der Waals surface area contributed by atoms with Crippen molar-refractivity contribution >= 4 is 17.5 Å². The van der Waals surface area contributed by atoms with Crippen molar-refractivity contribution < 1.29 is 4.79 Å². The maximum absolute atomic E-state index is 12.1. The van der Waals surface area contributed by atoms with Crippen LogP contribution in [0.4, 0.5) is 0 Å². The first-order valence-electron chi connectivity index (χ1n) is 6.64. The third-order valence-corrected chi connectivity index (χ3v) is 4.05. The number of amides is 1. The molecule has 0 saturated heterocycles. The van der Waals surface area contributed by atoms with E-state index in [0.717, 1.165) is 12.8 Å². The summed E-state index contributed by atoms with van der Waals surface area (Å²) in [6, 6.07) is -0.215. The molecule has 0 bridgehead atoms. The number of hydrogen-bond donors (Lipinski definition) is 0. The second-order valence-corrected chi connectivity index (χ2v) is 5.48. The molecule has 1 heterocycles. The Morgan fingerprint density at radius 2 is 2.50 bits per heavy atom. The van der Waals surface area contributed by atoms with Crippen molar-refractivity contribution in [3.8, 4) is 12.3 Å². The number of hydrogen-bond acceptors (Lipinski definition) is 2. The van der Waals surface area contributed by atoms with Crippen molar-refractivity contribution in [2.75, 3.05) is 0 Å². The van der Waals surface area contributed by atoms with Crippen LogP contribution < -0.4 is 0 Å². The normalized spacial score (nSPS) is 16.1. The van der Waals surface area contributed by atoms with E-state index in [4.69, 9.17) is 18.0 Å². The lowest BCUT2D eigenvalue weighted by Gasteiger charge is -2.37. The zero-order valence-electron chi connectivity index (χ0n) is 11.6. The van der Waals surface area contributed by atoms with Crippen molar-refractivity contribution in [2.45, 2.75) is 31.8 Å². The standard InChI is InChI=1S/C15H18ClN3O/c1-4-14(11-7-6-8-11)19(15(20)5-2)10-13-12(16)9-18(3)17-13/h1,5,9,11,14H,2,6-8,10H2,3H3/t14-/m0/s1. The van der Waals surface area contributed by atoms with Crippen LogP contribution in [0.2, 0.25) is 5.02 Å². The zero-order valence-corrected chi connectivity index (χ0v) is 12.3. The minimum Gasteiger partial charge on any atom is -0.319 e. The fourth-order valence-corrected chi connectivity index (χ4v) is 2.68. The number of nitrogens with zero attached hydrogens (tertiary/aromatic N) is 3. The molecule has 1 atom stereocenters. The van der Waals surface area contributed by atoms with Gasteiger partial charge < -0.3 is 4.90 Å². The van der Waals surface area contributed by atoms with Gasteiger partial charge in [0.25, 0.3) is 0 Å². The van der Waals surface area contributed by atoms with Crippen LogP contribution in [-0.2, 0) is 18.4 Å². The number of halogens is 1. The summed E-state index contributed by atoms with van der Waals surface area (Å²) in [4.78, 5) is 13.8. The van der Waals surface area contributed by atoms with Gasteiger partial charge in [0.1, 0.15) is 5.69 Å². The first-order valence-corrected chi connectivity index (χ1v) is 7.01. The van der Waals surface area contributed by atoms with E-state index in [1.165, 1.54) is 12.5 Å². The summed E-state index contributed by atoms with van der Waals surface area (Å²) < 4.78 is 1.63. The summed E-state index contributed by atoms with van der Waals surface area (Å²) >= 11 is 6.11. The molecule has 0 aliphatic heterocycles. The topological polar surface area (TPSA) is 38.1 Å². The monoisotopic (exact) mass is 291 g/mol. The highest BCUT2D eigenvalue weighted by Crippen LogP contribution is 2.33. The predicted octanol–water partition coefficient (Wildman–Crippen LogP) is 2.39. The lowest BCUT2D eigenvalue weighted by atomic mass is 9.79. The molecule has 1 amide bonds. The van der Waals surface area contributed by atoms with Crippen LogP contribution in [0, 0.1) is 18.3 Å². The van der Waals surface area contributed by atoms with E-state index in [9.17, 15) is 4.79 Å². The van der Waals surface area contributed by atoms with E-state index in [1.54, 1.807) is 22.8 Å². The molecule has 20 heavy (non-hydrogen) atoms. The van der Waals surface area contributed by atoms with Crippen molar-refractivity contribution in [1.82, 2.24) is 14.7 Å². The molecule has 1 aliphatic rings. The van der Waals surface area contributed by atoms with Gasteiger partial charge in [-0.3, -0.25) is 9.48 Å². The van der Waals surface area contributed by atoms with E-state index in [2.05, 4.69) is 17.6 Å². The Labute approximate surface area is 124 Å². The highest BCUT2D eigenvalue weighted by Gasteiger charge is 2.33. The van der Waals surface area contributed by atoms with Gasteiger partial charge in [-0.2, -0.15) is 5.10 Å². The number of aryl methyl sites for hydroxylation is 1. The van der Waals surface area contributed by atoms with Gasteiger partial charge in [-0.25, -0.2) is 0 Å². The molecule has 0 spiro atoms. The van der Waals surface area contributed by atoms with Crippen LogP contribution in [0.3, 0.4) is 0 Å². The van der Waals surface area contributed by atoms with Gasteiger partial charge in [0.05, 0.1) is 17.6 Å². The minimum atomic E-state index is -0.215. The Kier molecular flexibility index (Phi) is 4.51. The van der Waals surface area contributed by atoms with E-state index < -0.39 is 0 Å². The van der Waals surface area contributed by atoms with Gasteiger partial charge in [0.15, 0.2) is 0 Å². The van der Waals surface area contributed by atoms with E-state index in [1.807, 2.05) is 0 Å². The molecule has 1 aromatic rings. The highest BCUT2D eigenvalue weighted by atomic mass is 35.5. The van der Waals surface area contributed by atoms with Crippen molar-refractivity contribution in [3.63, 3.8) is 0 Å². The van der Waals surface area contributed by atoms with Gasteiger partial charge in [0, 0.05) is 13.2 Å². The van der Waals surface area contributed by atoms with Gasteiger partial charge in [-0.05, 0) is 24.8 Å². The summed E-state index contributed by atoms with van der Waals surface area (Å²) in [7, 11) is 1.79. The summed E-state index contributed by atoms with van der Waals surface area (Å²) in [6.45, 7) is 3.87. The molecule has 1 aliphatic carbocycles. The molecule has 2 rings (SSSR count). The Bertz CT molecular complexity index is 554. The SMILES string of the molecule is C#C[C@@H](C1CCC1)N(Cc1nn(C)cc1Cl)C(=O)C=C. The average Bonchev–Trinajstić information content (AvgIpc) is 2.68. The summed E-state index contributed by atoms with van der Waals surface area (Å²) in [5.41, 5.74) is 0.656. The Hall–Kier alpha value is -1.73. The predicted molar refractivity (Wildman–Crippen MR) is 78.9 cm³/mol. The fourth-order valence-electron chi connectivity index (χ4n) is 2.44. The van der Waals surface area contributed by atoms with Crippen LogP contribution in [0.15, 0.2) is 18.9 Å². The number of rotatable bonds is 5. The largest absolute Gasteiger partial charge is 0.319 e. The van der Waals surface area contributed by atoms with Gasteiger partial charge in [0.2, 0.25) is 5.91 Å². The first-order chi connectivity index (χ1) is 9.56. The van der Waals surface area contributed by atoms with Crippen LogP contribution in [-0.4, -0.2) is 26.6 Å². The number of carbonyl (C=O) groups is 1. The lowest BCUT2D eigenvalue weighted by Crippen LogP contribution is -2.44. The average molecular weight is 292 g/mol. The minimum absolute atomic E-state index is 0.179. The Morgan fingerprint density at radius 3 is 2.90 bits per heavy atom. The highest BCUT2D eigenvalue weighted by molar-refractivity contribution is 6.31. The third kappa shape index (κ3) is 2.88. The van der Waals surface area contributed by atoms with Crippen LogP contribution in [0.25, 0.3) is 0 Å². The van der Waals surface area contributed by atoms with Crippen LogP contribution >= 0.6 is 11.6 Å². The molecule has 106 valence electrons. The second-order valence-electron chi connectivity index (χ2n) is 5.07. The maximum Gasteiger partial charge on any atom is 0.247 e. The summed E-state index contributed by atoms with van der Waals surface area (Å²) in [6.07, 6.45) is 11.9. The number of aromatic nitrogens is 2. The van der Waals surface area contributed by atoms with Gasteiger partial charge in [-0.1, -0.05) is 30.5 Å². The maximum atomic E-state index is 12.1. The molecular weight excluding hydrogens is 274 g/mol. The quantitative estimate of drug-likeness (QED) is 0.617. The van der Waals surface area contributed by atoms with Crippen molar-refractivity contribution in [1.29, 1.82) is 0 Å². The summed E-state index contributed by atoms with van der Waals surface area (Å²) in [5.74, 6) is 2.93.